The molecule has 9 heteroatoms. The van der Waals surface area contributed by atoms with Crippen LogP contribution in [0, 0.1) is 0 Å². The van der Waals surface area contributed by atoms with Crippen molar-refractivity contribution in [3.05, 3.63) is 89.1 Å². The normalized spacial score (nSPS) is 14.5. The second-order valence-electron chi connectivity index (χ2n) is 8.32. The lowest BCUT2D eigenvalue weighted by molar-refractivity contribution is 0.676. The van der Waals surface area contributed by atoms with Crippen LogP contribution in [0.25, 0.3) is 11.2 Å². The smallest absolute Gasteiger partial charge is 0.137 e. The Bertz CT molecular complexity index is 1490. The van der Waals surface area contributed by atoms with Crippen molar-refractivity contribution in [3.8, 4) is 0 Å². The van der Waals surface area contributed by atoms with Gasteiger partial charge in [0.15, 0.2) is 0 Å². The van der Waals surface area contributed by atoms with E-state index in [1.165, 1.54) is 18.4 Å². The number of thioether (sulfide) groups is 1. The highest BCUT2D eigenvalue weighted by atomic mass is 35.5. The van der Waals surface area contributed by atoms with Gasteiger partial charge in [-0.15, -0.1) is 11.8 Å². The Kier molecular flexibility index (Phi) is 5.19. The van der Waals surface area contributed by atoms with Crippen LogP contribution in [0.1, 0.15) is 41.3 Å². The van der Waals surface area contributed by atoms with Gasteiger partial charge in [-0.25, -0.2) is 9.97 Å². The number of hydrogen-bond donors (Lipinski definition) is 0. The Hall–Kier alpha value is -3.10. The van der Waals surface area contributed by atoms with Crippen LogP contribution in [0.5, 0.6) is 0 Å². The number of hydrogen-bond acceptors (Lipinski definition) is 5. The fourth-order valence-electron chi connectivity index (χ4n) is 4.08. The zero-order chi connectivity index (χ0) is 22.4. The first-order chi connectivity index (χ1) is 16.2. The van der Waals surface area contributed by atoms with Crippen LogP contribution in [0.15, 0.2) is 66.6 Å². The van der Waals surface area contributed by atoms with Crippen LogP contribution in [0.3, 0.4) is 0 Å². The minimum absolute atomic E-state index is 0.480. The third-order valence-electron chi connectivity index (χ3n) is 5.92. The number of pyridine rings is 2. The second kappa shape index (κ2) is 8.35. The number of rotatable bonds is 6. The minimum atomic E-state index is 0.480. The van der Waals surface area contributed by atoms with Crippen molar-refractivity contribution < 1.29 is 0 Å². The van der Waals surface area contributed by atoms with Crippen LogP contribution in [-0.2, 0) is 13.1 Å². The summed E-state index contributed by atoms with van der Waals surface area (Å²) in [4.78, 5) is 14.1. The van der Waals surface area contributed by atoms with E-state index in [2.05, 4.69) is 39.0 Å². The quantitative estimate of drug-likeness (QED) is 0.254. The molecule has 0 spiro atoms. The van der Waals surface area contributed by atoms with Crippen molar-refractivity contribution in [2.45, 2.75) is 31.8 Å². The van der Waals surface area contributed by atoms with Gasteiger partial charge >= 0.3 is 0 Å². The molecule has 1 fully saturated rings. The molecule has 5 aromatic rings. The fourth-order valence-corrected chi connectivity index (χ4v) is 4.78. The van der Waals surface area contributed by atoms with Gasteiger partial charge in [0, 0.05) is 35.4 Å². The molecule has 166 valence electrons. The highest BCUT2D eigenvalue weighted by Crippen LogP contribution is 2.39. The third kappa shape index (κ3) is 4.16. The summed E-state index contributed by atoms with van der Waals surface area (Å²) >= 11 is 7.76. The summed E-state index contributed by atoms with van der Waals surface area (Å²) < 4.78 is 6.00. The largest absolute Gasteiger partial charge is 0.306 e. The minimum Gasteiger partial charge on any atom is -0.306 e. The molecule has 0 bridgehead atoms. The molecule has 5 aromatic heterocycles. The molecular weight excluding hydrogens is 454 g/mol. The molecule has 7 nitrogen and oxygen atoms in total. The van der Waals surface area contributed by atoms with E-state index in [4.69, 9.17) is 21.6 Å². The van der Waals surface area contributed by atoms with Crippen molar-refractivity contribution >= 4 is 39.6 Å². The summed E-state index contributed by atoms with van der Waals surface area (Å²) in [5, 5.41) is 6.16. The Morgan fingerprint density at radius 2 is 2.09 bits per heavy atom. The maximum absolute atomic E-state index is 6.15. The zero-order valence-electron chi connectivity index (χ0n) is 18.1. The molecule has 0 unspecified atom stereocenters. The predicted octanol–water partition coefficient (Wildman–Crippen LogP) is 5.07. The molecule has 0 aromatic carbocycles. The summed E-state index contributed by atoms with van der Waals surface area (Å²) in [6.45, 7) is 1.10. The molecule has 0 amide bonds. The number of aromatic nitrogens is 6. The summed E-state index contributed by atoms with van der Waals surface area (Å²) in [5.41, 5.74) is 6.22. The van der Waals surface area contributed by atoms with E-state index in [1.807, 2.05) is 46.1 Å². The van der Waals surface area contributed by atoms with Crippen LogP contribution < -0.4 is 0 Å². The second-order valence-corrected chi connectivity index (χ2v) is 9.55. The van der Waals surface area contributed by atoms with Gasteiger partial charge in [-0.05, 0) is 48.8 Å². The van der Waals surface area contributed by atoms with E-state index in [-0.39, 0.29) is 0 Å². The molecule has 0 aliphatic heterocycles. The standard InChI is InChI=1S/C24H22ClN7S/c1-33-24(26-10-21-22-8-19(25)6-7-30(22)15-27-21)18-9-28-32(12-18)14-20-13-31-11-17(16-2-3-16)4-5-23(31)29-20/h4-9,11-13,15-16H,2-3,10,14H2,1H3. The van der Waals surface area contributed by atoms with Gasteiger partial charge in [-0.1, -0.05) is 17.7 Å². The Morgan fingerprint density at radius 1 is 1.18 bits per heavy atom. The predicted molar refractivity (Wildman–Crippen MR) is 132 cm³/mol. The zero-order valence-corrected chi connectivity index (χ0v) is 19.7. The number of aliphatic imine (C=N–C) groups is 1. The molecule has 1 aliphatic carbocycles. The van der Waals surface area contributed by atoms with Gasteiger partial charge in [-0.2, -0.15) is 5.10 Å². The maximum Gasteiger partial charge on any atom is 0.137 e. The van der Waals surface area contributed by atoms with E-state index in [0.717, 1.165) is 39.1 Å². The van der Waals surface area contributed by atoms with Crippen LogP contribution in [0.4, 0.5) is 0 Å². The summed E-state index contributed by atoms with van der Waals surface area (Å²) in [7, 11) is 0. The summed E-state index contributed by atoms with van der Waals surface area (Å²) in [6.07, 6.45) is 16.5. The van der Waals surface area contributed by atoms with E-state index in [0.29, 0.717) is 18.1 Å². The molecule has 0 radical (unpaired) electrons. The van der Waals surface area contributed by atoms with Crippen LogP contribution in [-0.4, -0.2) is 39.8 Å². The fraction of sp³-hybridized carbons (Fsp3) is 0.250. The van der Waals surface area contributed by atoms with Crippen molar-refractivity contribution in [1.29, 1.82) is 0 Å². The van der Waals surface area contributed by atoms with Crippen LogP contribution >= 0.6 is 23.4 Å². The van der Waals surface area contributed by atoms with Crippen molar-refractivity contribution in [1.82, 2.24) is 28.5 Å². The topological polar surface area (TPSA) is 64.8 Å². The number of halogens is 1. The molecule has 0 saturated heterocycles. The maximum atomic E-state index is 6.15. The van der Waals surface area contributed by atoms with Gasteiger partial charge < -0.3 is 8.80 Å². The summed E-state index contributed by atoms with van der Waals surface area (Å²) in [5.74, 6) is 0.732. The molecule has 1 aliphatic rings. The van der Waals surface area contributed by atoms with Crippen molar-refractivity contribution in [2.24, 2.45) is 4.99 Å². The molecule has 1 saturated carbocycles. The van der Waals surface area contributed by atoms with Crippen molar-refractivity contribution in [2.75, 3.05) is 6.26 Å². The molecule has 5 heterocycles. The number of imidazole rings is 2. The van der Waals surface area contributed by atoms with E-state index >= 15 is 0 Å². The van der Waals surface area contributed by atoms with Gasteiger partial charge in [-0.3, -0.25) is 9.67 Å². The van der Waals surface area contributed by atoms with E-state index in [9.17, 15) is 0 Å². The van der Waals surface area contributed by atoms with E-state index in [1.54, 1.807) is 18.1 Å². The SMILES string of the molecule is CSC(=NCc1ncn2ccc(Cl)cc12)c1cnn(Cc2cn3cc(C4CC4)ccc3n2)c1. The Morgan fingerprint density at radius 3 is 2.94 bits per heavy atom. The Labute approximate surface area is 200 Å². The molecule has 0 N–H and O–H groups in total. The van der Waals surface area contributed by atoms with E-state index < -0.39 is 0 Å². The van der Waals surface area contributed by atoms with Gasteiger partial charge in [0.25, 0.3) is 0 Å². The number of nitrogens with zero attached hydrogens (tertiary/aromatic N) is 7. The first-order valence-corrected chi connectivity index (χ1v) is 12.5. The molecule has 6 rings (SSSR count). The first-order valence-electron chi connectivity index (χ1n) is 10.9. The third-order valence-corrected chi connectivity index (χ3v) is 6.91. The molecule has 0 atom stereocenters. The van der Waals surface area contributed by atoms with Gasteiger partial charge in [0.1, 0.15) is 10.7 Å². The lowest BCUT2D eigenvalue weighted by atomic mass is 10.2. The van der Waals surface area contributed by atoms with Gasteiger partial charge in [0.05, 0.1) is 42.5 Å². The monoisotopic (exact) mass is 475 g/mol. The lowest BCUT2D eigenvalue weighted by Crippen LogP contribution is -2.00. The molecular formula is C24H22ClN7S. The number of fused-ring (bicyclic) bond motifs is 2. The summed E-state index contributed by atoms with van der Waals surface area (Å²) in [6, 6.07) is 8.07. The Balaban J connectivity index is 1.20. The van der Waals surface area contributed by atoms with Crippen LogP contribution in [0.2, 0.25) is 5.02 Å². The lowest BCUT2D eigenvalue weighted by Gasteiger charge is -2.01. The first kappa shape index (κ1) is 20.5. The average molecular weight is 476 g/mol. The van der Waals surface area contributed by atoms with Crippen molar-refractivity contribution in [3.63, 3.8) is 0 Å². The highest BCUT2D eigenvalue weighted by molar-refractivity contribution is 8.13. The van der Waals surface area contributed by atoms with Gasteiger partial charge in [0.2, 0.25) is 0 Å². The average Bonchev–Trinajstić information content (AvgIpc) is 3.24. The molecule has 33 heavy (non-hydrogen) atoms. The highest BCUT2D eigenvalue weighted by Gasteiger charge is 2.23.